The van der Waals surface area contributed by atoms with E-state index in [0.717, 1.165) is 22.4 Å². The molecule has 0 radical (unpaired) electrons. The second-order valence-electron chi connectivity index (χ2n) is 5.80. The van der Waals surface area contributed by atoms with Crippen molar-refractivity contribution < 1.29 is 4.79 Å². The van der Waals surface area contributed by atoms with Crippen LogP contribution in [-0.2, 0) is 4.79 Å². The van der Waals surface area contributed by atoms with Gasteiger partial charge in [0.15, 0.2) is 0 Å². The molecule has 23 heavy (non-hydrogen) atoms. The van der Waals surface area contributed by atoms with Crippen LogP contribution in [0.2, 0.25) is 0 Å². The number of nitrogens with zero attached hydrogens (tertiary/aromatic N) is 2. The highest BCUT2D eigenvalue weighted by molar-refractivity contribution is 6.19. The van der Waals surface area contributed by atoms with E-state index < -0.39 is 0 Å². The van der Waals surface area contributed by atoms with Crippen LogP contribution in [0.3, 0.4) is 0 Å². The lowest BCUT2D eigenvalue weighted by molar-refractivity contribution is -0.115. The molecule has 4 nitrogen and oxygen atoms in total. The minimum Gasteiger partial charge on any atom is -0.378 e. The molecule has 1 N–H and O–H groups in total. The first-order valence-electron chi connectivity index (χ1n) is 7.49. The molecule has 0 saturated carbocycles. The first kappa shape index (κ1) is 15.0. The third-order valence-corrected chi connectivity index (χ3v) is 3.70. The van der Waals surface area contributed by atoms with Gasteiger partial charge in [-0.25, -0.2) is 4.99 Å². The largest absolute Gasteiger partial charge is 0.378 e. The standard InChI is InChI=1S/C19H19N3O/c1-13-5-4-6-15(11-13)18-20-17(19(23)21-18)12-14-7-9-16(10-8-14)22(2)3/h4-12H,1-3H3,(H,20,21,23)/b17-12+. The first-order chi connectivity index (χ1) is 11.0. The molecule has 4 heteroatoms. The Hall–Kier alpha value is -2.88. The topological polar surface area (TPSA) is 44.7 Å². The number of anilines is 1. The predicted molar refractivity (Wildman–Crippen MR) is 94.6 cm³/mol. The van der Waals surface area contributed by atoms with Crippen LogP contribution >= 0.6 is 0 Å². The smallest absolute Gasteiger partial charge is 0.275 e. The molecule has 0 bridgehead atoms. The van der Waals surface area contributed by atoms with Gasteiger partial charge in [-0.3, -0.25) is 4.79 Å². The summed E-state index contributed by atoms with van der Waals surface area (Å²) in [4.78, 5) is 18.6. The lowest BCUT2D eigenvalue weighted by Crippen LogP contribution is -2.24. The molecule has 0 saturated heterocycles. The Morgan fingerprint density at radius 2 is 1.83 bits per heavy atom. The summed E-state index contributed by atoms with van der Waals surface area (Å²) in [7, 11) is 3.99. The molecule has 0 atom stereocenters. The number of carbonyl (C=O) groups excluding carboxylic acids is 1. The van der Waals surface area contributed by atoms with Crippen molar-refractivity contribution in [1.29, 1.82) is 0 Å². The lowest BCUT2D eigenvalue weighted by Gasteiger charge is -2.11. The number of rotatable bonds is 3. The Kier molecular flexibility index (Phi) is 3.98. The first-order valence-corrected chi connectivity index (χ1v) is 7.49. The van der Waals surface area contributed by atoms with Crippen molar-refractivity contribution >= 4 is 23.5 Å². The van der Waals surface area contributed by atoms with Gasteiger partial charge in [0.05, 0.1) is 0 Å². The van der Waals surface area contributed by atoms with Crippen LogP contribution in [-0.4, -0.2) is 25.8 Å². The minimum atomic E-state index is -0.168. The van der Waals surface area contributed by atoms with Crippen LogP contribution < -0.4 is 10.2 Å². The molecule has 0 aliphatic carbocycles. The molecular weight excluding hydrogens is 286 g/mol. The summed E-state index contributed by atoms with van der Waals surface area (Å²) >= 11 is 0. The number of carbonyl (C=O) groups is 1. The van der Waals surface area contributed by atoms with Gasteiger partial charge < -0.3 is 10.2 Å². The molecule has 1 heterocycles. The second-order valence-corrected chi connectivity index (χ2v) is 5.80. The Morgan fingerprint density at radius 1 is 1.09 bits per heavy atom. The van der Waals surface area contributed by atoms with Crippen molar-refractivity contribution in [2.75, 3.05) is 19.0 Å². The van der Waals surface area contributed by atoms with Crippen molar-refractivity contribution in [2.45, 2.75) is 6.92 Å². The van der Waals surface area contributed by atoms with Crippen molar-refractivity contribution in [3.8, 4) is 0 Å². The van der Waals surface area contributed by atoms with Gasteiger partial charge in [0.1, 0.15) is 11.5 Å². The maximum absolute atomic E-state index is 12.1. The Bertz CT molecular complexity index is 802. The lowest BCUT2D eigenvalue weighted by atomic mass is 10.1. The molecular formula is C19H19N3O. The summed E-state index contributed by atoms with van der Waals surface area (Å²) in [6.45, 7) is 2.02. The SMILES string of the molecule is Cc1cccc(C2=N/C(=C/c3ccc(N(C)C)cc3)C(=O)N2)c1. The van der Waals surface area contributed by atoms with E-state index in [0.29, 0.717) is 11.5 Å². The van der Waals surface area contributed by atoms with E-state index >= 15 is 0 Å². The quantitative estimate of drug-likeness (QED) is 0.886. The van der Waals surface area contributed by atoms with Gasteiger partial charge in [0.25, 0.3) is 5.91 Å². The summed E-state index contributed by atoms with van der Waals surface area (Å²) in [6.07, 6.45) is 1.80. The second kappa shape index (κ2) is 6.08. The number of hydrogen-bond acceptors (Lipinski definition) is 3. The molecule has 0 aromatic heterocycles. The van der Waals surface area contributed by atoms with Crippen LogP contribution in [0, 0.1) is 6.92 Å². The normalized spacial score (nSPS) is 15.5. The number of nitrogens with one attached hydrogen (secondary N) is 1. The number of amidine groups is 1. The number of hydrogen-bond donors (Lipinski definition) is 1. The van der Waals surface area contributed by atoms with Gasteiger partial charge in [0, 0.05) is 25.3 Å². The molecule has 0 unspecified atom stereocenters. The Balaban J connectivity index is 1.88. The summed E-state index contributed by atoms with van der Waals surface area (Å²) in [6, 6.07) is 15.9. The molecule has 0 spiro atoms. The van der Waals surface area contributed by atoms with Crippen LogP contribution in [0.15, 0.2) is 59.2 Å². The Labute approximate surface area is 136 Å². The highest BCUT2D eigenvalue weighted by atomic mass is 16.2. The van der Waals surface area contributed by atoms with E-state index in [-0.39, 0.29) is 5.91 Å². The molecule has 1 aliphatic heterocycles. The van der Waals surface area contributed by atoms with Crippen molar-refractivity contribution in [2.24, 2.45) is 4.99 Å². The summed E-state index contributed by atoms with van der Waals surface area (Å²) in [5.74, 6) is 0.438. The van der Waals surface area contributed by atoms with E-state index in [1.54, 1.807) is 6.08 Å². The molecule has 1 amide bonds. The molecule has 3 rings (SSSR count). The van der Waals surface area contributed by atoms with Gasteiger partial charge in [-0.2, -0.15) is 0 Å². The minimum absolute atomic E-state index is 0.168. The monoisotopic (exact) mass is 305 g/mol. The number of amides is 1. The third kappa shape index (κ3) is 3.31. The van der Waals surface area contributed by atoms with Gasteiger partial charge in [-0.15, -0.1) is 0 Å². The number of benzene rings is 2. The van der Waals surface area contributed by atoms with Crippen molar-refractivity contribution in [3.63, 3.8) is 0 Å². The van der Waals surface area contributed by atoms with Gasteiger partial charge in [0.2, 0.25) is 0 Å². The summed E-state index contributed by atoms with van der Waals surface area (Å²) in [5, 5.41) is 2.83. The molecule has 116 valence electrons. The predicted octanol–water partition coefficient (Wildman–Crippen LogP) is 2.98. The number of aryl methyl sites for hydroxylation is 1. The zero-order valence-corrected chi connectivity index (χ0v) is 13.5. The molecule has 1 aliphatic rings. The third-order valence-electron chi connectivity index (χ3n) is 3.70. The summed E-state index contributed by atoms with van der Waals surface area (Å²) in [5.41, 5.74) is 4.56. The average Bonchev–Trinajstić information content (AvgIpc) is 2.89. The van der Waals surface area contributed by atoms with Gasteiger partial charge in [-0.05, 0) is 36.8 Å². The fraction of sp³-hybridized carbons (Fsp3) is 0.158. The maximum atomic E-state index is 12.1. The van der Waals surface area contributed by atoms with Crippen molar-refractivity contribution in [3.05, 3.63) is 70.9 Å². The Morgan fingerprint density at radius 3 is 2.48 bits per heavy atom. The van der Waals surface area contributed by atoms with E-state index in [1.807, 2.05) is 74.4 Å². The van der Waals surface area contributed by atoms with Crippen LogP contribution in [0.1, 0.15) is 16.7 Å². The zero-order valence-electron chi connectivity index (χ0n) is 13.5. The summed E-state index contributed by atoms with van der Waals surface area (Å²) < 4.78 is 0. The van der Waals surface area contributed by atoms with Crippen LogP contribution in [0.25, 0.3) is 6.08 Å². The molecule has 2 aromatic carbocycles. The highest BCUT2D eigenvalue weighted by Crippen LogP contribution is 2.18. The van der Waals surface area contributed by atoms with E-state index in [4.69, 9.17) is 0 Å². The average molecular weight is 305 g/mol. The van der Waals surface area contributed by atoms with Crippen LogP contribution in [0.5, 0.6) is 0 Å². The zero-order chi connectivity index (χ0) is 16.4. The number of aliphatic imine (C=N–C) groups is 1. The molecule has 2 aromatic rings. The van der Waals surface area contributed by atoms with Gasteiger partial charge >= 0.3 is 0 Å². The van der Waals surface area contributed by atoms with E-state index in [9.17, 15) is 4.79 Å². The van der Waals surface area contributed by atoms with Gasteiger partial charge in [-0.1, -0.05) is 35.9 Å². The fourth-order valence-corrected chi connectivity index (χ4v) is 2.42. The maximum Gasteiger partial charge on any atom is 0.275 e. The van der Waals surface area contributed by atoms with Crippen molar-refractivity contribution in [1.82, 2.24) is 5.32 Å². The highest BCUT2D eigenvalue weighted by Gasteiger charge is 2.20. The fourth-order valence-electron chi connectivity index (χ4n) is 2.42. The van der Waals surface area contributed by atoms with E-state index in [2.05, 4.69) is 10.3 Å². The van der Waals surface area contributed by atoms with Crippen LogP contribution in [0.4, 0.5) is 5.69 Å². The molecule has 0 fully saturated rings. The van der Waals surface area contributed by atoms with E-state index in [1.165, 1.54) is 0 Å².